The number of esters is 1. The highest BCUT2D eigenvalue weighted by molar-refractivity contribution is 7.14. The van der Waals surface area contributed by atoms with Crippen LogP contribution in [0.2, 0.25) is 0 Å². The first-order chi connectivity index (χ1) is 12.6. The standard InChI is InChI=1S/C18H17N3O4S/c1-3-24-17(23)14-10-26-18(20-14)21-15(22)9-13-11(2)25-16(19-13)12-7-5-4-6-8-12/h4-8,10H,3,9H2,1-2H3,(H,20,21,22). The van der Waals surface area contributed by atoms with Gasteiger partial charge in [0.2, 0.25) is 11.8 Å². The van der Waals surface area contributed by atoms with Crippen LogP contribution in [0.15, 0.2) is 40.1 Å². The van der Waals surface area contributed by atoms with Crippen LogP contribution in [0.25, 0.3) is 11.5 Å². The molecule has 0 fully saturated rings. The van der Waals surface area contributed by atoms with Crippen LogP contribution >= 0.6 is 11.3 Å². The third-order valence-corrected chi connectivity index (χ3v) is 4.23. The van der Waals surface area contributed by atoms with Crippen molar-refractivity contribution < 1.29 is 18.7 Å². The number of hydrogen-bond donors (Lipinski definition) is 1. The van der Waals surface area contributed by atoms with Crippen molar-refractivity contribution in [1.29, 1.82) is 0 Å². The fourth-order valence-corrected chi connectivity index (χ4v) is 2.94. The van der Waals surface area contributed by atoms with Crippen molar-refractivity contribution in [2.45, 2.75) is 20.3 Å². The number of ether oxygens (including phenoxy) is 1. The molecule has 0 unspecified atom stereocenters. The van der Waals surface area contributed by atoms with E-state index in [9.17, 15) is 9.59 Å². The maximum atomic E-state index is 12.2. The Kier molecular flexibility index (Phi) is 5.43. The SMILES string of the molecule is CCOC(=O)c1csc(NC(=O)Cc2nc(-c3ccccc3)oc2C)n1. The molecule has 1 aromatic carbocycles. The van der Waals surface area contributed by atoms with Crippen LogP contribution in [0, 0.1) is 6.92 Å². The highest BCUT2D eigenvalue weighted by Crippen LogP contribution is 2.22. The molecule has 1 N–H and O–H groups in total. The molecule has 2 aromatic heterocycles. The average Bonchev–Trinajstić information content (AvgIpc) is 3.23. The van der Waals surface area contributed by atoms with Crippen LogP contribution in [-0.2, 0) is 16.0 Å². The number of benzene rings is 1. The van der Waals surface area contributed by atoms with Crippen LogP contribution in [0.4, 0.5) is 5.13 Å². The Bertz CT molecular complexity index is 918. The van der Waals surface area contributed by atoms with Gasteiger partial charge in [0.15, 0.2) is 10.8 Å². The van der Waals surface area contributed by atoms with Crippen molar-refractivity contribution in [3.8, 4) is 11.5 Å². The Balaban J connectivity index is 1.65. The lowest BCUT2D eigenvalue weighted by Gasteiger charge is -2.00. The van der Waals surface area contributed by atoms with Gasteiger partial charge in [-0.1, -0.05) is 18.2 Å². The van der Waals surface area contributed by atoms with Gasteiger partial charge in [0.05, 0.1) is 18.7 Å². The average molecular weight is 371 g/mol. The van der Waals surface area contributed by atoms with E-state index in [1.54, 1.807) is 19.2 Å². The molecule has 3 rings (SSSR count). The Morgan fingerprint density at radius 1 is 1.23 bits per heavy atom. The smallest absolute Gasteiger partial charge is 0.357 e. The molecule has 0 spiro atoms. The van der Waals surface area contributed by atoms with Crippen LogP contribution in [0.3, 0.4) is 0 Å². The molecule has 8 heteroatoms. The van der Waals surface area contributed by atoms with E-state index in [0.717, 1.165) is 16.9 Å². The molecule has 3 aromatic rings. The number of nitrogens with one attached hydrogen (secondary N) is 1. The molecule has 0 bridgehead atoms. The zero-order valence-corrected chi connectivity index (χ0v) is 15.1. The minimum atomic E-state index is -0.510. The van der Waals surface area contributed by atoms with Crippen molar-refractivity contribution in [3.05, 3.63) is 52.9 Å². The lowest BCUT2D eigenvalue weighted by atomic mass is 10.2. The zero-order chi connectivity index (χ0) is 18.5. The van der Waals surface area contributed by atoms with E-state index in [2.05, 4.69) is 15.3 Å². The maximum Gasteiger partial charge on any atom is 0.357 e. The molecule has 134 valence electrons. The van der Waals surface area contributed by atoms with Crippen molar-refractivity contribution in [3.63, 3.8) is 0 Å². The molecule has 1 amide bonds. The van der Waals surface area contributed by atoms with E-state index in [-0.39, 0.29) is 24.6 Å². The van der Waals surface area contributed by atoms with Crippen molar-refractivity contribution in [1.82, 2.24) is 9.97 Å². The van der Waals surface area contributed by atoms with Crippen molar-refractivity contribution in [2.24, 2.45) is 0 Å². The molecule has 0 saturated carbocycles. The van der Waals surface area contributed by atoms with Crippen molar-refractivity contribution in [2.75, 3.05) is 11.9 Å². The van der Waals surface area contributed by atoms with Crippen LogP contribution in [-0.4, -0.2) is 28.5 Å². The first-order valence-electron chi connectivity index (χ1n) is 8.01. The van der Waals surface area contributed by atoms with Gasteiger partial charge < -0.3 is 14.5 Å². The second-order valence-electron chi connectivity index (χ2n) is 5.37. The molecule has 0 atom stereocenters. The number of amides is 1. The molecule has 2 heterocycles. The normalized spacial score (nSPS) is 10.5. The summed E-state index contributed by atoms with van der Waals surface area (Å²) in [5.41, 5.74) is 1.58. The Morgan fingerprint density at radius 2 is 2.00 bits per heavy atom. The molecule has 0 aliphatic carbocycles. The van der Waals surface area contributed by atoms with Crippen molar-refractivity contribution >= 4 is 28.3 Å². The Labute approximate surface area is 154 Å². The number of thiazole rings is 1. The quantitative estimate of drug-likeness (QED) is 0.667. The minimum Gasteiger partial charge on any atom is -0.461 e. The van der Waals surface area contributed by atoms with Gasteiger partial charge in [-0.15, -0.1) is 11.3 Å². The number of rotatable bonds is 6. The lowest BCUT2D eigenvalue weighted by molar-refractivity contribution is -0.115. The van der Waals surface area contributed by atoms with Gasteiger partial charge in [-0.05, 0) is 26.0 Å². The summed E-state index contributed by atoms with van der Waals surface area (Å²) in [7, 11) is 0. The molecular formula is C18H17N3O4S. The van der Waals surface area contributed by atoms with Crippen LogP contribution < -0.4 is 5.32 Å². The highest BCUT2D eigenvalue weighted by Gasteiger charge is 2.17. The van der Waals surface area contributed by atoms with Gasteiger partial charge in [-0.3, -0.25) is 4.79 Å². The second kappa shape index (κ2) is 7.92. The third-order valence-electron chi connectivity index (χ3n) is 3.48. The van der Waals surface area contributed by atoms with Gasteiger partial charge in [-0.2, -0.15) is 0 Å². The number of nitrogens with zero attached hydrogens (tertiary/aromatic N) is 2. The third kappa shape index (κ3) is 4.15. The summed E-state index contributed by atoms with van der Waals surface area (Å²) < 4.78 is 10.5. The molecular weight excluding hydrogens is 354 g/mol. The van der Waals surface area contributed by atoms with E-state index < -0.39 is 5.97 Å². The van der Waals surface area contributed by atoms with E-state index in [0.29, 0.717) is 22.5 Å². The summed E-state index contributed by atoms with van der Waals surface area (Å²) in [4.78, 5) is 32.3. The fraction of sp³-hybridized carbons (Fsp3) is 0.222. The maximum absolute atomic E-state index is 12.2. The molecule has 26 heavy (non-hydrogen) atoms. The zero-order valence-electron chi connectivity index (χ0n) is 14.3. The summed E-state index contributed by atoms with van der Waals surface area (Å²) in [6.07, 6.45) is 0.0521. The number of aryl methyl sites for hydroxylation is 1. The van der Waals surface area contributed by atoms with Gasteiger partial charge in [-0.25, -0.2) is 14.8 Å². The highest BCUT2D eigenvalue weighted by atomic mass is 32.1. The largest absolute Gasteiger partial charge is 0.461 e. The van der Waals surface area contributed by atoms with Gasteiger partial charge in [0.25, 0.3) is 0 Å². The Morgan fingerprint density at radius 3 is 2.73 bits per heavy atom. The second-order valence-corrected chi connectivity index (χ2v) is 6.23. The first kappa shape index (κ1) is 17.8. The van der Waals surface area contributed by atoms with Gasteiger partial charge in [0.1, 0.15) is 5.76 Å². The molecule has 0 radical (unpaired) electrons. The van der Waals surface area contributed by atoms with Crippen LogP contribution in [0.5, 0.6) is 0 Å². The molecule has 0 saturated heterocycles. The predicted octanol–water partition coefficient (Wildman–Crippen LogP) is 3.46. The van der Waals surface area contributed by atoms with E-state index in [1.165, 1.54) is 0 Å². The number of oxazole rings is 1. The summed E-state index contributed by atoms with van der Waals surface area (Å²) in [5, 5.41) is 4.54. The summed E-state index contributed by atoms with van der Waals surface area (Å²) in [5.74, 6) is 0.268. The lowest BCUT2D eigenvalue weighted by Crippen LogP contribution is -2.15. The Hall–Kier alpha value is -3.00. The first-order valence-corrected chi connectivity index (χ1v) is 8.89. The summed E-state index contributed by atoms with van der Waals surface area (Å²) >= 11 is 1.16. The molecule has 0 aliphatic rings. The van der Waals surface area contributed by atoms with Crippen LogP contribution in [0.1, 0.15) is 28.9 Å². The number of carbonyl (C=O) groups is 2. The molecule has 7 nitrogen and oxygen atoms in total. The number of aromatic nitrogens is 2. The minimum absolute atomic E-state index is 0.0521. The monoisotopic (exact) mass is 371 g/mol. The van der Waals surface area contributed by atoms with Gasteiger partial charge >= 0.3 is 5.97 Å². The fourth-order valence-electron chi connectivity index (χ4n) is 2.24. The van der Waals surface area contributed by atoms with E-state index in [4.69, 9.17) is 9.15 Å². The topological polar surface area (TPSA) is 94.3 Å². The summed E-state index contributed by atoms with van der Waals surface area (Å²) in [6, 6.07) is 9.48. The number of anilines is 1. The number of carbonyl (C=O) groups excluding carboxylic acids is 2. The van der Waals surface area contributed by atoms with E-state index in [1.807, 2.05) is 30.3 Å². The van der Waals surface area contributed by atoms with Gasteiger partial charge in [0, 0.05) is 10.9 Å². The summed E-state index contributed by atoms with van der Waals surface area (Å²) in [6.45, 7) is 3.76. The number of hydrogen-bond acceptors (Lipinski definition) is 7. The predicted molar refractivity (Wildman–Crippen MR) is 97.1 cm³/mol. The molecule has 0 aliphatic heterocycles. The van der Waals surface area contributed by atoms with E-state index >= 15 is 0 Å².